The average molecular weight is 254 g/mol. The molecule has 0 spiro atoms. The first-order valence-electron chi connectivity index (χ1n) is 6.00. The van der Waals surface area contributed by atoms with E-state index in [9.17, 15) is 9.59 Å². The van der Waals surface area contributed by atoms with E-state index < -0.39 is 0 Å². The second-order valence-electron chi connectivity index (χ2n) is 4.65. The number of allylic oxidation sites excluding steroid dienone is 1. The Balaban J connectivity index is 2.02. The Bertz CT molecular complexity index is 653. The van der Waals surface area contributed by atoms with E-state index in [-0.39, 0.29) is 18.1 Å². The molecule has 6 heteroatoms. The minimum atomic E-state index is -0.322. The lowest BCUT2D eigenvalue weighted by Gasteiger charge is -2.12. The minimum absolute atomic E-state index is 0.174. The molecule has 1 aromatic rings. The number of nitrogens with zero attached hydrogens (tertiary/aromatic N) is 3. The predicted molar refractivity (Wildman–Crippen MR) is 64.5 cm³/mol. The van der Waals surface area contributed by atoms with Crippen molar-refractivity contribution in [2.75, 3.05) is 0 Å². The van der Waals surface area contributed by atoms with Gasteiger partial charge in [0.05, 0.1) is 17.7 Å². The molecule has 0 atom stereocenters. The van der Waals surface area contributed by atoms with E-state index in [2.05, 4.69) is 15.5 Å². The van der Waals surface area contributed by atoms with E-state index in [0.29, 0.717) is 22.9 Å². The molecule has 1 saturated carbocycles. The molecular weight excluding hydrogens is 244 g/mol. The van der Waals surface area contributed by atoms with Crippen LogP contribution in [0, 0.1) is 11.3 Å². The van der Waals surface area contributed by atoms with Crippen LogP contribution in [0.3, 0.4) is 0 Å². The van der Waals surface area contributed by atoms with Crippen molar-refractivity contribution in [2.45, 2.75) is 25.2 Å². The van der Waals surface area contributed by atoms with Crippen molar-refractivity contribution in [3.05, 3.63) is 29.2 Å². The summed E-state index contributed by atoms with van der Waals surface area (Å²) < 4.78 is 0. The zero-order chi connectivity index (χ0) is 13.4. The molecule has 1 N–H and O–H groups in total. The topological polar surface area (TPSA) is 95.7 Å². The largest absolute Gasteiger partial charge is 0.331 e. The molecule has 19 heavy (non-hydrogen) atoms. The quantitative estimate of drug-likeness (QED) is 0.782. The number of aromatic nitrogens is 2. The first-order valence-corrected chi connectivity index (χ1v) is 6.00. The minimum Gasteiger partial charge on any atom is -0.331 e. The van der Waals surface area contributed by atoms with E-state index in [1.807, 2.05) is 6.07 Å². The zero-order valence-electron chi connectivity index (χ0n) is 10.0. The van der Waals surface area contributed by atoms with Crippen molar-refractivity contribution in [1.82, 2.24) is 15.5 Å². The van der Waals surface area contributed by atoms with Crippen LogP contribution >= 0.6 is 0 Å². The van der Waals surface area contributed by atoms with Crippen molar-refractivity contribution in [1.29, 1.82) is 5.26 Å². The van der Waals surface area contributed by atoms with Gasteiger partial charge in [-0.2, -0.15) is 5.26 Å². The van der Waals surface area contributed by atoms with E-state index >= 15 is 0 Å². The summed E-state index contributed by atoms with van der Waals surface area (Å²) in [5, 5.41) is 19.3. The molecule has 1 aliphatic carbocycles. The Labute approximate surface area is 109 Å². The van der Waals surface area contributed by atoms with Gasteiger partial charge in [-0.1, -0.05) is 0 Å². The molecule has 2 heterocycles. The lowest BCUT2D eigenvalue weighted by molar-refractivity contribution is -0.125. The number of carbonyl (C=O) groups is 2. The van der Waals surface area contributed by atoms with Crippen LogP contribution in [0.4, 0.5) is 0 Å². The molecule has 0 radical (unpaired) electrons. The lowest BCUT2D eigenvalue weighted by Crippen LogP contribution is -2.27. The second-order valence-corrected chi connectivity index (χ2v) is 4.65. The average Bonchev–Trinajstić information content (AvgIpc) is 3.22. The van der Waals surface area contributed by atoms with Crippen LogP contribution in [0.2, 0.25) is 0 Å². The van der Waals surface area contributed by atoms with Crippen LogP contribution in [-0.2, 0) is 9.59 Å². The monoisotopic (exact) mass is 254 g/mol. The number of Topliss-reactive ketones (excluding diaryl/α,β-unsaturated/α-hetero) is 1. The molecule has 0 aromatic carbocycles. The number of nitrogens with one attached hydrogen (secondary N) is 1. The Morgan fingerprint density at radius 1 is 1.32 bits per heavy atom. The first kappa shape index (κ1) is 11.5. The van der Waals surface area contributed by atoms with Gasteiger partial charge in [-0.05, 0) is 30.4 Å². The maximum absolute atomic E-state index is 11.8. The zero-order valence-corrected chi connectivity index (χ0v) is 10.0. The highest BCUT2D eigenvalue weighted by Crippen LogP contribution is 2.41. The van der Waals surface area contributed by atoms with Crippen LogP contribution in [0.5, 0.6) is 0 Å². The third kappa shape index (κ3) is 2.10. The molecular formula is C13H10N4O2. The van der Waals surface area contributed by atoms with E-state index in [0.717, 1.165) is 18.4 Å². The Morgan fingerprint density at radius 3 is 2.74 bits per heavy atom. The predicted octanol–water partition coefficient (Wildman–Crippen LogP) is 0.656. The summed E-state index contributed by atoms with van der Waals surface area (Å²) in [6.07, 6.45) is 3.25. The molecule has 1 aliphatic heterocycles. The summed E-state index contributed by atoms with van der Waals surface area (Å²) in [6.45, 7) is 0. The van der Waals surface area contributed by atoms with Crippen LogP contribution in [0.25, 0.3) is 5.57 Å². The summed E-state index contributed by atoms with van der Waals surface area (Å²) in [5.41, 5.74) is 1.93. The smallest absolute Gasteiger partial charge is 0.231 e. The Morgan fingerprint density at radius 2 is 2.11 bits per heavy atom. The maximum atomic E-state index is 11.8. The molecule has 2 aliphatic rings. The van der Waals surface area contributed by atoms with Crippen molar-refractivity contribution < 1.29 is 9.59 Å². The number of rotatable bonds is 2. The van der Waals surface area contributed by atoms with Gasteiger partial charge in [0.1, 0.15) is 6.07 Å². The van der Waals surface area contributed by atoms with Crippen molar-refractivity contribution >= 4 is 17.3 Å². The molecule has 0 bridgehead atoms. The summed E-state index contributed by atoms with van der Waals surface area (Å²) in [4.78, 5) is 22.9. The normalized spacial score (nSPS) is 18.6. The number of ketones is 1. The molecule has 1 fully saturated rings. The standard InChI is InChI=1S/C13H10N4O2/c14-5-11-8(7-1-2-7)3-10(16-17-11)9-6-15-13(19)4-12(9)18/h3,6-7H,1-2,4H2,(H,15,19). The van der Waals surface area contributed by atoms with Gasteiger partial charge in [0.2, 0.25) is 5.91 Å². The summed E-state index contributed by atoms with van der Waals surface area (Å²) in [6, 6.07) is 3.76. The van der Waals surface area contributed by atoms with Gasteiger partial charge in [-0.15, -0.1) is 10.2 Å². The number of hydrogen-bond acceptors (Lipinski definition) is 5. The van der Waals surface area contributed by atoms with Gasteiger partial charge in [0.15, 0.2) is 11.5 Å². The number of hydrogen-bond donors (Lipinski definition) is 1. The maximum Gasteiger partial charge on any atom is 0.231 e. The number of nitriles is 1. The Hall–Kier alpha value is -2.55. The molecule has 0 unspecified atom stereocenters. The van der Waals surface area contributed by atoms with Gasteiger partial charge >= 0.3 is 0 Å². The Kier molecular flexibility index (Phi) is 2.60. The van der Waals surface area contributed by atoms with E-state index in [4.69, 9.17) is 5.26 Å². The number of amides is 1. The molecule has 6 nitrogen and oxygen atoms in total. The third-order valence-electron chi connectivity index (χ3n) is 3.22. The summed E-state index contributed by atoms with van der Waals surface area (Å²) in [5.74, 6) is -0.250. The van der Waals surface area contributed by atoms with Crippen LogP contribution < -0.4 is 5.32 Å². The SMILES string of the molecule is N#Cc1nnc(C2=CNC(=O)CC2=O)cc1C1CC1. The molecule has 3 rings (SSSR count). The van der Waals surface area contributed by atoms with Crippen molar-refractivity contribution in [3.63, 3.8) is 0 Å². The van der Waals surface area contributed by atoms with Gasteiger partial charge in [0, 0.05) is 6.20 Å². The van der Waals surface area contributed by atoms with E-state index in [1.165, 1.54) is 6.20 Å². The summed E-state index contributed by atoms with van der Waals surface area (Å²) >= 11 is 0. The van der Waals surface area contributed by atoms with Gasteiger partial charge in [0.25, 0.3) is 0 Å². The lowest BCUT2D eigenvalue weighted by atomic mass is 10.0. The van der Waals surface area contributed by atoms with Gasteiger partial charge in [-0.25, -0.2) is 0 Å². The third-order valence-corrected chi connectivity index (χ3v) is 3.22. The molecule has 1 amide bonds. The van der Waals surface area contributed by atoms with Crippen LogP contribution in [0.1, 0.15) is 42.1 Å². The van der Waals surface area contributed by atoms with Crippen LogP contribution in [-0.4, -0.2) is 21.9 Å². The summed E-state index contributed by atoms with van der Waals surface area (Å²) in [7, 11) is 0. The highest BCUT2D eigenvalue weighted by Gasteiger charge is 2.29. The molecule has 1 aromatic heterocycles. The van der Waals surface area contributed by atoms with E-state index in [1.54, 1.807) is 6.07 Å². The second kappa shape index (κ2) is 4.28. The fraction of sp³-hybridized carbons (Fsp3) is 0.308. The molecule has 94 valence electrons. The highest BCUT2D eigenvalue weighted by molar-refractivity contribution is 6.27. The van der Waals surface area contributed by atoms with Crippen molar-refractivity contribution in [2.24, 2.45) is 0 Å². The fourth-order valence-electron chi connectivity index (χ4n) is 2.07. The van der Waals surface area contributed by atoms with Crippen LogP contribution in [0.15, 0.2) is 12.3 Å². The number of carbonyl (C=O) groups excluding carboxylic acids is 2. The van der Waals surface area contributed by atoms with Gasteiger partial charge < -0.3 is 5.32 Å². The van der Waals surface area contributed by atoms with Crippen molar-refractivity contribution in [3.8, 4) is 6.07 Å². The molecule has 0 saturated heterocycles. The fourth-order valence-corrected chi connectivity index (χ4v) is 2.07. The van der Waals surface area contributed by atoms with Gasteiger partial charge in [-0.3, -0.25) is 9.59 Å². The highest BCUT2D eigenvalue weighted by atomic mass is 16.2. The first-order chi connectivity index (χ1) is 9.19.